The Bertz CT molecular complexity index is 1320. The first-order valence-corrected chi connectivity index (χ1v) is 12.2. The molecule has 0 saturated carbocycles. The van der Waals surface area contributed by atoms with Crippen molar-refractivity contribution in [2.75, 3.05) is 11.9 Å². The lowest BCUT2D eigenvalue weighted by atomic mass is 9.70. The Labute approximate surface area is 228 Å². The Kier molecular flexibility index (Phi) is 8.34. The summed E-state index contributed by atoms with van der Waals surface area (Å²) in [6, 6.07) is 19.7. The first-order chi connectivity index (χ1) is 18.4. The average molecular weight is 612 g/mol. The minimum atomic E-state index is -4.94. The highest BCUT2D eigenvalue weighted by Crippen LogP contribution is 2.40. The number of anilines is 1. The topological polar surface area (TPSA) is 56.3 Å². The van der Waals surface area contributed by atoms with Gasteiger partial charge in [0, 0.05) is 24.4 Å². The number of aromatic nitrogens is 2. The number of nitrogens with zero attached hydrogens (tertiary/aromatic N) is 2. The van der Waals surface area contributed by atoms with Crippen LogP contribution in [0.15, 0.2) is 95.7 Å². The maximum Gasteiger partial charge on any atom is 0.573 e. The number of halogens is 7. The summed E-state index contributed by atoms with van der Waals surface area (Å²) in [4.78, 5) is 8.38. The monoisotopic (exact) mass is 611 g/mol. The molecule has 0 saturated heterocycles. The van der Waals surface area contributed by atoms with E-state index in [1.165, 1.54) is 36.7 Å². The van der Waals surface area contributed by atoms with Gasteiger partial charge in [0.15, 0.2) is 0 Å². The van der Waals surface area contributed by atoms with E-state index >= 15 is 0 Å². The zero-order valence-electron chi connectivity index (χ0n) is 19.9. The molecule has 39 heavy (non-hydrogen) atoms. The summed E-state index contributed by atoms with van der Waals surface area (Å²) < 4.78 is 87.4. The molecule has 0 atom stereocenters. The van der Waals surface area contributed by atoms with E-state index in [2.05, 4.69) is 40.7 Å². The summed E-state index contributed by atoms with van der Waals surface area (Å²) in [5.74, 6) is -0.735. The van der Waals surface area contributed by atoms with Gasteiger partial charge in [-0.2, -0.15) is 0 Å². The van der Waals surface area contributed by atoms with Gasteiger partial charge < -0.3 is 14.8 Å². The van der Waals surface area contributed by atoms with Crippen molar-refractivity contribution in [2.24, 2.45) is 0 Å². The fourth-order valence-electron chi connectivity index (χ4n) is 4.20. The van der Waals surface area contributed by atoms with Crippen LogP contribution < -0.4 is 14.8 Å². The Hall–Kier alpha value is -3.80. The number of nitrogens with one attached hydrogen (secondary N) is 1. The molecule has 1 N–H and O–H groups in total. The lowest BCUT2D eigenvalue weighted by Gasteiger charge is -2.36. The van der Waals surface area contributed by atoms with Gasteiger partial charge in [-0.25, -0.2) is 9.97 Å². The lowest BCUT2D eigenvalue weighted by Crippen LogP contribution is -2.38. The van der Waals surface area contributed by atoms with Crippen molar-refractivity contribution in [2.45, 2.75) is 24.6 Å². The highest BCUT2D eigenvalue weighted by atomic mass is 79.9. The minimum Gasteiger partial charge on any atom is -0.406 e. The fourth-order valence-corrected chi connectivity index (χ4v) is 4.40. The maximum absolute atomic E-state index is 13.1. The zero-order valence-corrected chi connectivity index (χ0v) is 21.5. The van der Waals surface area contributed by atoms with Crippen molar-refractivity contribution in [1.29, 1.82) is 0 Å². The normalized spacial score (nSPS) is 12.2. The number of hydrogen-bond acceptors (Lipinski definition) is 5. The van der Waals surface area contributed by atoms with Gasteiger partial charge >= 0.3 is 12.7 Å². The summed E-state index contributed by atoms with van der Waals surface area (Å²) in [5, 5.41) is 3.10. The highest BCUT2D eigenvalue weighted by Gasteiger charge is 2.38. The van der Waals surface area contributed by atoms with Crippen LogP contribution in [0.3, 0.4) is 0 Å². The van der Waals surface area contributed by atoms with Crippen LogP contribution in [0.5, 0.6) is 11.5 Å². The molecule has 3 aromatic carbocycles. The van der Waals surface area contributed by atoms with Gasteiger partial charge in [-0.05, 0) is 63.3 Å². The van der Waals surface area contributed by atoms with Gasteiger partial charge in [-0.1, -0.05) is 54.6 Å². The van der Waals surface area contributed by atoms with E-state index in [0.29, 0.717) is 15.6 Å². The van der Waals surface area contributed by atoms with Crippen molar-refractivity contribution >= 4 is 21.9 Å². The maximum atomic E-state index is 13.1. The third-order valence-electron chi connectivity index (χ3n) is 5.76. The molecule has 4 rings (SSSR count). The van der Waals surface area contributed by atoms with Crippen LogP contribution in [-0.4, -0.2) is 29.2 Å². The Morgan fingerprint density at radius 1 is 0.692 bits per heavy atom. The second kappa shape index (κ2) is 11.5. The SMILES string of the molecule is FC(F)(F)Oc1cccc(C(CNc2ncc(Br)cn2)(Cc2ccccc2)c2cccc(OC(F)(F)F)c2)c1. The van der Waals surface area contributed by atoms with E-state index in [-0.39, 0.29) is 18.9 Å². The molecule has 0 bridgehead atoms. The largest absolute Gasteiger partial charge is 0.573 e. The number of ether oxygens (including phenoxy) is 2. The molecular formula is C27H20BrF6N3O2. The first kappa shape index (κ1) is 28.2. The van der Waals surface area contributed by atoms with Crippen LogP contribution in [0.2, 0.25) is 0 Å². The van der Waals surface area contributed by atoms with Crippen molar-refractivity contribution in [3.63, 3.8) is 0 Å². The summed E-state index contributed by atoms with van der Waals surface area (Å²) in [5.41, 5.74) is 0.248. The van der Waals surface area contributed by atoms with Gasteiger partial charge in [-0.3, -0.25) is 0 Å². The molecule has 1 heterocycles. The summed E-state index contributed by atoms with van der Waals surface area (Å²) in [6.45, 7) is -0.00549. The smallest absolute Gasteiger partial charge is 0.406 e. The summed E-state index contributed by atoms with van der Waals surface area (Å²) >= 11 is 3.25. The van der Waals surface area contributed by atoms with Crippen LogP contribution in [0.25, 0.3) is 0 Å². The van der Waals surface area contributed by atoms with Crippen LogP contribution in [0.4, 0.5) is 32.3 Å². The Morgan fingerprint density at radius 3 is 1.69 bits per heavy atom. The third-order valence-corrected chi connectivity index (χ3v) is 6.17. The van der Waals surface area contributed by atoms with Crippen LogP contribution in [-0.2, 0) is 11.8 Å². The van der Waals surface area contributed by atoms with Crippen LogP contribution >= 0.6 is 15.9 Å². The lowest BCUT2D eigenvalue weighted by molar-refractivity contribution is -0.275. The number of hydrogen-bond donors (Lipinski definition) is 1. The van der Waals surface area contributed by atoms with Crippen molar-refractivity contribution < 1.29 is 35.8 Å². The second-order valence-electron chi connectivity index (χ2n) is 8.47. The van der Waals surface area contributed by atoms with Gasteiger partial charge in [0.2, 0.25) is 5.95 Å². The Morgan fingerprint density at radius 2 is 1.21 bits per heavy atom. The molecule has 12 heteroatoms. The van der Waals surface area contributed by atoms with Gasteiger partial charge in [0.05, 0.1) is 4.47 Å². The molecule has 5 nitrogen and oxygen atoms in total. The average Bonchev–Trinajstić information content (AvgIpc) is 2.86. The summed E-state index contributed by atoms with van der Waals surface area (Å²) in [6.07, 6.45) is -6.69. The highest BCUT2D eigenvalue weighted by molar-refractivity contribution is 9.10. The van der Waals surface area contributed by atoms with E-state index in [0.717, 1.165) is 17.7 Å². The molecule has 0 fully saturated rings. The zero-order chi connectivity index (χ0) is 28.1. The molecule has 0 amide bonds. The van der Waals surface area contributed by atoms with Crippen molar-refractivity contribution in [3.8, 4) is 11.5 Å². The Balaban J connectivity index is 1.89. The minimum absolute atomic E-state index is 0.00549. The van der Waals surface area contributed by atoms with E-state index in [1.54, 1.807) is 30.3 Å². The summed E-state index contributed by atoms with van der Waals surface area (Å²) in [7, 11) is 0. The molecule has 4 aromatic rings. The van der Waals surface area contributed by atoms with E-state index in [9.17, 15) is 26.3 Å². The van der Waals surface area contributed by atoms with Crippen molar-refractivity contribution in [1.82, 2.24) is 9.97 Å². The molecular weight excluding hydrogens is 592 g/mol. The third kappa shape index (κ3) is 7.85. The quantitative estimate of drug-likeness (QED) is 0.197. The number of alkyl halides is 6. The van der Waals surface area contributed by atoms with Crippen LogP contribution in [0, 0.1) is 0 Å². The molecule has 0 spiro atoms. The van der Waals surface area contributed by atoms with E-state index < -0.39 is 29.6 Å². The van der Waals surface area contributed by atoms with Gasteiger partial charge in [-0.15, -0.1) is 26.3 Å². The molecule has 204 valence electrons. The second-order valence-corrected chi connectivity index (χ2v) is 9.39. The predicted molar refractivity (Wildman–Crippen MR) is 135 cm³/mol. The molecule has 0 aliphatic rings. The standard InChI is InChI=1S/C27H20BrF6N3O2/c28-21-15-35-24(36-16-21)37-17-25(14-18-6-2-1-3-7-18,19-8-4-10-22(12-19)38-26(29,30)31)20-9-5-11-23(13-20)39-27(32,33)34/h1-13,15-16H,14,17H2,(H,35,36,37). The van der Waals surface area contributed by atoms with E-state index in [1.807, 2.05) is 12.1 Å². The molecule has 1 aromatic heterocycles. The first-order valence-electron chi connectivity index (χ1n) is 11.4. The molecule has 0 aliphatic heterocycles. The number of benzene rings is 3. The molecule has 0 radical (unpaired) electrons. The van der Waals surface area contributed by atoms with Gasteiger partial charge in [0.1, 0.15) is 11.5 Å². The van der Waals surface area contributed by atoms with Crippen molar-refractivity contribution in [3.05, 3.63) is 112 Å². The van der Waals surface area contributed by atoms with Gasteiger partial charge in [0.25, 0.3) is 0 Å². The van der Waals surface area contributed by atoms with E-state index in [4.69, 9.17) is 0 Å². The molecule has 0 aliphatic carbocycles. The fraction of sp³-hybridized carbons (Fsp3) is 0.185. The van der Waals surface area contributed by atoms with Crippen LogP contribution in [0.1, 0.15) is 16.7 Å². The number of rotatable bonds is 9. The predicted octanol–water partition coefficient (Wildman–Crippen LogP) is 7.68. The molecule has 0 unspecified atom stereocenters.